The van der Waals surface area contributed by atoms with Crippen LogP contribution in [0.5, 0.6) is 0 Å². The van der Waals surface area contributed by atoms with E-state index in [2.05, 4.69) is 5.32 Å². The zero-order valence-electron chi connectivity index (χ0n) is 15.2. The van der Waals surface area contributed by atoms with Crippen LogP contribution in [0.4, 0.5) is 8.78 Å². The van der Waals surface area contributed by atoms with Crippen molar-refractivity contribution in [2.45, 2.75) is 71.1 Å². The largest absolute Gasteiger partial charge is 0.494 e. The van der Waals surface area contributed by atoms with Crippen LogP contribution < -0.4 is 10.8 Å². The molecule has 1 aliphatic rings. The van der Waals surface area contributed by atoms with Crippen LogP contribution in [0.3, 0.4) is 0 Å². The fourth-order valence-electron chi connectivity index (χ4n) is 2.72. The lowest BCUT2D eigenvalue weighted by Crippen LogP contribution is -2.41. The Bertz CT molecular complexity index is 518. The van der Waals surface area contributed by atoms with Crippen LogP contribution in [-0.4, -0.2) is 37.3 Å². The van der Waals surface area contributed by atoms with Gasteiger partial charge in [-0.05, 0) is 58.1 Å². The fraction of sp³-hybridized carbons (Fsp3) is 0.667. The normalized spacial score (nSPS) is 20.6. The number of hydrogen-bond acceptors (Lipinski definition) is 3. The molecular weight excluding hydrogens is 311 g/mol. The Hall–Kier alpha value is -0.975. The molecule has 1 aromatic rings. The van der Waals surface area contributed by atoms with E-state index in [1.54, 1.807) is 0 Å². The van der Waals surface area contributed by atoms with Gasteiger partial charge in [0, 0.05) is 0 Å². The average Bonchev–Trinajstić information content (AvgIpc) is 2.72. The summed E-state index contributed by atoms with van der Waals surface area (Å²) in [4.78, 5) is 0. The summed E-state index contributed by atoms with van der Waals surface area (Å²) in [6.45, 7) is 10.5. The highest BCUT2D eigenvalue weighted by Crippen LogP contribution is 2.36. The zero-order valence-corrected chi connectivity index (χ0v) is 15.2. The molecule has 1 heterocycles. The topological polar surface area (TPSA) is 30.5 Å². The van der Waals surface area contributed by atoms with Crippen molar-refractivity contribution in [2.24, 2.45) is 0 Å². The average molecular weight is 339 g/mol. The third kappa shape index (κ3) is 4.35. The molecule has 0 aromatic heterocycles. The molecule has 0 aliphatic carbocycles. The van der Waals surface area contributed by atoms with Crippen molar-refractivity contribution in [3.8, 4) is 0 Å². The summed E-state index contributed by atoms with van der Waals surface area (Å²) < 4.78 is 37.9. The third-order valence-electron chi connectivity index (χ3n) is 5.02. The van der Waals surface area contributed by atoms with Crippen LogP contribution >= 0.6 is 0 Å². The van der Waals surface area contributed by atoms with Crippen LogP contribution in [0, 0.1) is 0 Å². The van der Waals surface area contributed by atoms with E-state index in [0.29, 0.717) is 19.4 Å². The third-order valence-corrected chi connectivity index (χ3v) is 5.02. The van der Waals surface area contributed by atoms with Crippen molar-refractivity contribution in [3.05, 3.63) is 29.8 Å². The summed E-state index contributed by atoms with van der Waals surface area (Å²) in [5, 5.41) is 2.84. The number of rotatable bonds is 7. The Kier molecular flexibility index (Phi) is 6.05. The monoisotopic (exact) mass is 339 g/mol. The quantitative estimate of drug-likeness (QED) is 0.774. The Balaban J connectivity index is 1.96. The van der Waals surface area contributed by atoms with Gasteiger partial charge in [-0.2, -0.15) is 0 Å². The highest BCUT2D eigenvalue weighted by atomic mass is 19.3. The molecule has 1 N–H and O–H groups in total. The molecule has 1 fully saturated rings. The van der Waals surface area contributed by atoms with Gasteiger partial charge >= 0.3 is 7.12 Å². The summed E-state index contributed by atoms with van der Waals surface area (Å²) in [6, 6.07) is 7.10. The minimum Gasteiger partial charge on any atom is -0.399 e. The summed E-state index contributed by atoms with van der Waals surface area (Å²) in [5.41, 5.74) is 1.26. The Morgan fingerprint density at radius 3 is 2.04 bits per heavy atom. The minimum atomic E-state index is -2.34. The molecule has 0 spiro atoms. The van der Waals surface area contributed by atoms with Crippen molar-refractivity contribution in [1.29, 1.82) is 0 Å². The fourth-order valence-corrected chi connectivity index (χ4v) is 2.72. The van der Waals surface area contributed by atoms with Gasteiger partial charge in [0.1, 0.15) is 0 Å². The van der Waals surface area contributed by atoms with Gasteiger partial charge in [0.05, 0.1) is 17.2 Å². The second-order valence-corrected chi connectivity index (χ2v) is 7.37. The van der Waals surface area contributed by atoms with Crippen LogP contribution in [0.15, 0.2) is 24.3 Å². The molecule has 2 rings (SSSR count). The SMILES string of the molecule is CCNC(CCc1ccc(B2OC(C)(C)C(C)(C)O2)cc1)C(F)F. The van der Waals surface area contributed by atoms with E-state index in [9.17, 15) is 8.78 Å². The van der Waals surface area contributed by atoms with Crippen molar-refractivity contribution in [1.82, 2.24) is 5.32 Å². The van der Waals surface area contributed by atoms with Gasteiger partial charge in [0.15, 0.2) is 0 Å². The zero-order chi connectivity index (χ0) is 18.0. The van der Waals surface area contributed by atoms with Gasteiger partial charge in [-0.15, -0.1) is 0 Å². The van der Waals surface area contributed by atoms with Gasteiger partial charge in [-0.25, -0.2) is 8.78 Å². The van der Waals surface area contributed by atoms with E-state index in [1.165, 1.54) is 0 Å². The van der Waals surface area contributed by atoms with Gasteiger partial charge in [-0.3, -0.25) is 0 Å². The molecule has 0 radical (unpaired) electrons. The Labute approximate surface area is 144 Å². The molecule has 0 bridgehead atoms. The van der Waals surface area contributed by atoms with E-state index in [0.717, 1.165) is 11.0 Å². The van der Waals surface area contributed by atoms with Crippen molar-refractivity contribution in [2.75, 3.05) is 6.54 Å². The van der Waals surface area contributed by atoms with Crippen molar-refractivity contribution in [3.63, 3.8) is 0 Å². The number of nitrogens with one attached hydrogen (secondary N) is 1. The van der Waals surface area contributed by atoms with E-state index >= 15 is 0 Å². The van der Waals surface area contributed by atoms with Gasteiger partial charge < -0.3 is 14.6 Å². The van der Waals surface area contributed by atoms with Gasteiger partial charge in [0.25, 0.3) is 6.43 Å². The first-order chi connectivity index (χ1) is 11.2. The predicted octanol–water partition coefficient (Wildman–Crippen LogP) is 3.16. The lowest BCUT2D eigenvalue weighted by atomic mass is 9.78. The van der Waals surface area contributed by atoms with E-state index < -0.39 is 12.5 Å². The minimum absolute atomic E-state index is 0.368. The highest BCUT2D eigenvalue weighted by Gasteiger charge is 2.51. The first-order valence-corrected chi connectivity index (χ1v) is 8.62. The van der Waals surface area contributed by atoms with Crippen LogP contribution in [0.2, 0.25) is 0 Å². The van der Waals surface area contributed by atoms with E-state index in [-0.39, 0.29) is 18.3 Å². The van der Waals surface area contributed by atoms with Gasteiger partial charge in [0.2, 0.25) is 0 Å². The molecular formula is C18H28BF2NO2. The number of benzene rings is 1. The molecule has 1 aromatic carbocycles. The number of aryl methyl sites for hydroxylation is 1. The van der Waals surface area contributed by atoms with Crippen LogP contribution in [-0.2, 0) is 15.7 Å². The van der Waals surface area contributed by atoms with E-state index in [4.69, 9.17) is 9.31 Å². The smallest absolute Gasteiger partial charge is 0.399 e. The maximum absolute atomic E-state index is 12.9. The first kappa shape index (κ1) is 19.4. The molecule has 24 heavy (non-hydrogen) atoms. The predicted molar refractivity (Wildman–Crippen MR) is 93.9 cm³/mol. The standard InChI is InChI=1S/C18H28BF2NO2/c1-6-22-15(16(20)21)12-9-13-7-10-14(11-8-13)19-23-17(2,3)18(4,5)24-19/h7-8,10-11,15-16,22H,6,9,12H2,1-5H3. The molecule has 1 atom stereocenters. The molecule has 1 saturated heterocycles. The highest BCUT2D eigenvalue weighted by molar-refractivity contribution is 6.62. The second kappa shape index (κ2) is 7.50. The summed E-state index contributed by atoms with van der Waals surface area (Å²) in [5.74, 6) is 0. The summed E-state index contributed by atoms with van der Waals surface area (Å²) in [7, 11) is -0.389. The second-order valence-electron chi connectivity index (χ2n) is 7.37. The molecule has 1 aliphatic heterocycles. The molecule has 6 heteroatoms. The molecule has 1 unspecified atom stereocenters. The van der Waals surface area contributed by atoms with E-state index in [1.807, 2.05) is 58.9 Å². The first-order valence-electron chi connectivity index (χ1n) is 8.62. The number of alkyl halides is 2. The Morgan fingerprint density at radius 1 is 1.04 bits per heavy atom. The van der Waals surface area contributed by atoms with Crippen LogP contribution in [0.1, 0.15) is 46.6 Å². The molecule has 134 valence electrons. The lowest BCUT2D eigenvalue weighted by Gasteiger charge is -2.32. The Morgan fingerprint density at radius 2 is 1.58 bits per heavy atom. The van der Waals surface area contributed by atoms with Crippen LogP contribution in [0.25, 0.3) is 0 Å². The summed E-state index contributed by atoms with van der Waals surface area (Å²) in [6.07, 6.45) is -1.30. The summed E-state index contributed by atoms with van der Waals surface area (Å²) >= 11 is 0. The maximum Gasteiger partial charge on any atom is 0.494 e. The maximum atomic E-state index is 12.9. The molecule has 0 amide bonds. The molecule has 0 saturated carbocycles. The van der Waals surface area contributed by atoms with Gasteiger partial charge in [-0.1, -0.05) is 31.2 Å². The number of halogens is 2. The van der Waals surface area contributed by atoms with Crippen molar-refractivity contribution >= 4 is 12.6 Å². The molecule has 3 nitrogen and oxygen atoms in total. The van der Waals surface area contributed by atoms with Crippen molar-refractivity contribution < 1.29 is 18.1 Å². The lowest BCUT2D eigenvalue weighted by molar-refractivity contribution is 0.00578. The number of hydrogen-bond donors (Lipinski definition) is 1.